The first-order valence-corrected chi connectivity index (χ1v) is 11.2. The molecule has 0 aromatic rings. The summed E-state index contributed by atoms with van der Waals surface area (Å²) < 4.78 is 6.26. The van der Waals surface area contributed by atoms with E-state index in [1.165, 1.54) is 57.8 Å². The molecule has 0 aromatic carbocycles. The van der Waals surface area contributed by atoms with Gasteiger partial charge in [-0.3, -0.25) is 4.79 Å². The summed E-state index contributed by atoms with van der Waals surface area (Å²) in [6, 6.07) is 0. The monoisotopic (exact) mass is 356 g/mol. The minimum atomic E-state index is 0.189. The summed E-state index contributed by atoms with van der Waals surface area (Å²) in [4.78, 5) is 12.3. The Kier molecular flexibility index (Phi) is 3.82. The molecule has 7 unspecified atom stereocenters. The Morgan fingerprint density at radius 2 is 1.92 bits per heavy atom. The fourth-order valence-electron chi connectivity index (χ4n) is 8.46. The lowest BCUT2D eigenvalue weighted by Crippen LogP contribution is -2.52. The standard InChI is InChI=1S/C24H36O2/c1-16(25)19-7-8-20-18-6-5-17-15-24(10-4-14-26-24)13-12-22(17,2)21(18)9-11-23(19,20)3/h5,18-21H,4,6-15H2,1-3H3. The molecule has 7 atom stereocenters. The van der Waals surface area contributed by atoms with Crippen LogP contribution in [0.25, 0.3) is 0 Å². The van der Waals surface area contributed by atoms with Gasteiger partial charge in [-0.25, -0.2) is 0 Å². The van der Waals surface area contributed by atoms with Crippen LogP contribution in [0.4, 0.5) is 0 Å². The van der Waals surface area contributed by atoms with Gasteiger partial charge >= 0.3 is 0 Å². The predicted molar refractivity (Wildman–Crippen MR) is 104 cm³/mol. The van der Waals surface area contributed by atoms with Crippen LogP contribution in [0.2, 0.25) is 0 Å². The van der Waals surface area contributed by atoms with E-state index in [0.29, 0.717) is 17.1 Å². The van der Waals surface area contributed by atoms with Crippen molar-refractivity contribution in [3.63, 3.8) is 0 Å². The molecule has 0 aromatic heterocycles. The normalized spacial score (nSPS) is 53.0. The highest BCUT2D eigenvalue weighted by molar-refractivity contribution is 5.79. The van der Waals surface area contributed by atoms with E-state index >= 15 is 0 Å². The molecule has 144 valence electrons. The molecule has 1 saturated heterocycles. The maximum atomic E-state index is 12.3. The van der Waals surface area contributed by atoms with Gasteiger partial charge in [-0.2, -0.15) is 0 Å². The third-order valence-corrected chi connectivity index (χ3v) is 9.91. The van der Waals surface area contributed by atoms with Crippen LogP contribution in [0.3, 0.4) is 0 Å². The van der Waals surface area contributed by atoms with Crippen LogP contribution in [-0.2, 0) is 9.53 Å². The summed E-state index contributed by atoms with van der Waals surface area (Å²) in [7, 11) is 0. The first-order valence-electron chi connectivity index (χ1n) is 11.2. The van der Waals surface area contributed by atoms with Crippen molar-refractivity contribution < 1.29 is 9.53 Å². The molecule has 0 bridgehead atoms. The topological polar surface area (TPSA) is 26.3 Å². The third-order valence-electron chi connectivity index (χ3n) is 9.91. The van der Waals surface area contributed by atoms with Gasteiger partial charge < -0.3 is 4.74 Å². The van der Waals surface area contributed by atoms with Gasteiger partial charge in [0.1, 0.15) is 5.78 Å². The zero-order valence-electron chi connectivity index (χ0n) is 17.0. The second-order valence-electron chi connectivity index (χ2n) is 10.9. The van der Waals surface area contributed by atoms with Crippen LogP contribution in [0.5, 0.6) is 0 Å². The van der Waals surface area contributed by atoms with Gasteiger partial charge in [-0.1, -0.05) is 25.5 Å². The molecule has 4 fully saturated rings. The lowest BCUT2D eigenvalue weighted by Gasteiger charge is -2.59. The lowest BCUT2D eigenvalue weighted by molar-refractivity contribution is -0.128. The smallest absolute Gasteiger partial charge is 0.133 e. The number of ether oxygens (including phenoxy) is 1. The number of ketones is 1. The summed E-state index contributed by atoms with van der Waals surface area (Å²) in [6.45, 7) is 7.85. The van der Waals surface area contributed by atoms with Crippen LogP contribution in [0.15, 0.2) is 11.6 Å². The summed E-state index contributed by atoms with van der Waals surface area (Å²) in [5.41, 5.74) is 2.60. The van der Waals surface area contributed by atoms with E-state index in [2.05, 4.69) is 19.9 Å². The van der Waals surface area contributed by atoms with E-state index in [-0.39, 0.29) is 11.0 Å². The van der Waals surface area contributed by atoms with Crippen molar-refractivity contribution in [2.45, 2.75) is 90.6 Å². The van der Waals surface area contributed by atoms with E-state index in [9.17, 15) is 4.79 Å². The SMILES string of the molecule is CC(=O)C1CCC2C3CC=C4CC5(CCCO5)CCC4(C)C3CCC12C. The van der Waals surface area contributed by atoms with Crippen molar-refractivity contribution in [1.82, 2.24) is 0 Å². The maximum absolute atomic E-state index is 12.3. The van der Waals surface area contributed by atoms with Crippen LogP contribution in [0, 0.1) is 34.5 Å². The van der Waals surface area contributed by atoms with Crippen molar-refractivity contribution in [3.8, 4) is 0 Å². The Morgan fingerprint density at radius 3 is 2.65 bits per heavy atom. The van der Waals surface area contributed by atoms with E-state index in [1.54, 1.807) is 5.57 Å². The lowest BCUT2D eigenvalue weighted by atomic mass is 9.46. The highest BCUT2D eigenvalue weighted by Crippen LogP contribution is 2.67. The highest BCUT2D eigenvalue weighted by atomic mass is 16.5. The molecule has 0 radical (unpaired) electrons. The van der Waals surface area contributed by atoms with Gasteiger partial charge in [0.15, 0.2) is 0 Å². The zero-order valence-corrected chi connectivity index (χ0v) is 17.0. The zero-order chi connectivity index (χ0) is 18.2. The number of rotatable bonds is 1. The largest absolute Gasteiger partial charge is 0.375 e. The minimum Gasteiger partial charge on any atom is -0.375 e. The van der Waals surface area contributed by atoms with Gasteiger partial charge in [0.25, 0.3) is 0 Å². The van der Waals surface area contributed by atoms with Crippen LogP contribution < -0.4 is 0 Å². The first kappa shape index (κ1) is 17.5. The number of hydrogen-bond acceptors (Lipinski definition) is 2. The average Bonchev–Trinajstić information content (AvgIpc) is 3.20. The Balaban J connectivity index is 1.44. The number of hydrogen-bond donors (Lipinski definition) is 0. The number of allylic oxidation sites excluding steroid dienone is 1. The molecule has 2 heteroatoms. The van der Waals surface area contributed by atoms with Crippen LogP contribution in [-0.4, -0.2) is 18.0 Å². The third kappa shape index (κ3) is 2.23. The molecule has 1 spiro atoms. The van der Waals surface area contributed by atoms with Crippen molar-refractivity contribution in [1.29, 1.82) is 0 Å². The molecule has 1 aliphatic heterocycles. The number of carbonyl (C=O) groups excluding carboxylic acids is 1. The molecule has 2 nitrogen and oxygen atoms in total. The van der Waals surface area contributed by atoms with E-state index in [0.717, 1.165) is 30.8 Å². The Morgan fingerprint density at radius 1 is 1.08 bits per heavy atom. The molecule has 5 rings (SSSR count). The Bertz CT molecular complexity index is 643. The summed E-state index contributed by atoms with van der Waals surface area (Å²) in [5.74, 6) is 3.19. The molecule has 3 saturated carbocycles. The first-order chi connectivity index (χ1) is 12.4. The summed E-state index contributed by atoms with van der Waals surface area (Å²) in [5, 5.41) is 0. The van der Waals surface area contributed by atoms with Crippen molar-refractivity contribution in [2.75, 3.05) is 6.61 Å². The van der Waals surface area contributed by atoms with Crippen molar-refractivity contribution in [3.05, 3.63) is 11.6 Å². The van der Waals surface area contributed by atoms with E-state index < -0.39 is 0 Å². The fourth-order valence-corrected chi connectivity index (χ4v) is 8.46. The second-order valence-corrected chi connectivity index (χ2v) is 10.9. The molecule has 0 amide bonds. The molecular weight excluding hydrogens is 320 g/mol. The van der Waals surface area contributed by atoms with Crippen molar-refractivity contribution in [2.24, 2.45) is 34.5 Å². The molecular formula is C24H36O2. The Hall–Kier alpha value is -0.630. The van der Waals surface area contributed by atoms with Gasteiger partial charge in [-0.05, 0) is 99.7 Å². The predicted octanol–water partition coefficient (Wildman–Crippen LogP) is 5.70. The van der Waals surface area contributed by atoms with E-state index in [1.807, 2.05) is 6.92 Å². The van der Waals surface area contributed by atoms with Gasteiger partial charge in [0.05, 0.1) is 5.60 Å². The fraction of sp³-hybridized carbons (Fsp3) is 0.875. The number of carbonyl (C=O) groups is 1. The quantitative estimate of drug-likeness (QED) is 0.563. The van der Waals surface area contributed by atoms with Gasteiger partial charge in [-0.15, -0.1) is 0 Å². The molecule has 1 heterocycles. The number of Topliss-reactive ketones (excluding diaryl/α,β-unsaturated/α-hetero) is 1. The highest BCUT2D eigenvalue weighted by Gasteiger charge is 2.60. The minimum absolute atomic E-state index is 0.189. The van der Waals surface area contributed by atoms with E-state index in [4.69, 9.17) is 4.74 Å². The Labute approximate surface area is 159 Å². The molecule has 26 heavy (non-hydrogen) atoms. The van der Waals surface area contributed by atoms with Crippen LogP contribution in [0.1, 0.15) is 85.0 Å². The molecule has 0 N–H and O–H groups in total. The summed E-state index contributed by atoms with van der Waals surface area (Å²) >= 11 is 0. The second kappa shape index (κ2) is 5.69. The maximum Gasteiger partial charge on any atom is 0.133 e. The average molecular weight is 357 g/mol. The number of fused-ring (bicyclic) bond motifs is 5. The van der Waals surface area contributed by atoms with Gasteiger partial charge in [0.2, 0.25) is 0 Å². The van der Waals surface area contributed by atoms with Gasteiger partial charge in [0, 0.05) is 12.5 Å². The summed E-state index contributed by atoms with van der Waals surface area (Å²) in [6.07, 6.45) is 15.2. The molecule has 5 aliphatic rings. The van der Waals surface area contributed by atoms with Crippen molar-refractivity contribution >= 4 is 5.78 Å². The molecule has 4 aliphatic carbocycles. The van der Waals surface area contributed by atoms with Crippen LogP contribution >= 0.6 is 0 Å².